The number of hydrogen-bond donors (Lipinski definition) is 2. The van der Waals surface area contributed by atoms with Crippen LogP contribution in [0.15, 0.2) is 59.0 Å². The summed E-state index contributed by atoms with van der Waals surface area (Å²) in [6, 6.07) is 16.0. The van der Waals surface area contributed by atoms with E-state index in [0.29, 0.717) is 18.6 Å². The Hall–Kier alpha value is -3.81. The number of fused-ring (bicyclic) bond motifs is 1. The molecule has 2 aromatic carbocycles. The monoisotopic (exact) mass is 449 g/mol. The molecule has 1 fully saturated rings. The highest BCUT2D eigenvalue weighted by Gasteiger charge is 2.47. The van der Waals surface area contributed by atoms with E-state index in [1.807, 2.05) is 54.6 Å². The van der Waals surface area contributed by atoms with Crippen LogP contribution in [0.25, 0.3) is 11.0 Å². The minimum atomic E-state index is -1.07. The molecule has 4 amide bonds. The summed E-state index contributed by atoms with van der Waals surface area (Å²) in [6.07, 6.45) is 1.01. The molecule has 2 N–H and O–H groups in total. The van der Waals surface area contributed by atoms with Crippen molar-refractivity contribution in [3.8, 4) is 5.75 Å². The second kappa shape index (κ2) is 8.97. The second-order valence-electron chi connectivity index (χ2n) is 8.48. The Balaban J connectivity index is 1.35. The molecule has 33 heavy (non-hydrogen) atoms. The molecule has 1 aliphatic rings. The number of methoxy groups -OCH3 is 1. The second-order valence-corrected chi connectivity index (χ2v) is 8.48. The molecule has 3 aromatic rings. The first-order chi connectivity index (χ1) is 15.8. The third-order valence-electron chi connectivity index (χ3n) is 5.97. The Kier molecular flexibility index (Phi) is 6.09. The molecular formula is C25H27N3O5. The van der Waals surface area contributed by atoms with Gasteiger partial charge in [0.2, 0.25) is 5.91 Å². The first kappa shape index (κ1) is 22.4. The average molecular weight is 450 g/mol. The number of para-hydroxylation sites is 1. The number of rotatable bonds is 8. The molecule has 2 heterocycles. The molecule has 8 heteroatoms. The smallest absolute Gasteiger partial charge is 0.325 e. The van der Waals surface area contributed by atoms with Gasteiger partial charge in [0.25, 0.3) is 5.91 Å². The molecule has 0 spiro atoms. The van der Waals surface area contributed by atoms with Crippen molar-refractivity contribution in [1.82, 2.24) is 15.5 Å². The lowest BCUT2D eigenvalue weighted by Gasteiger charge is -2.22. The number of furan rings is 1. The van der Waals surface area contributed by atoms with Crippen LogP contribution in [0.1, 0.15) is 37.6 Å². The van der Waals surface area contributed by atoms with Crippen LogP contribution in [0.4, 0.5) is 4.79 Å². The van der Waals surface area contributed by atoms with Crippen LogP contribution < -0.4 is 15.4 Å². The topological polar surface area (TPSA) is 101 Å². The molecule has 2 atom stereocenters. The van der Waals surface area contributed by atoms with Crippen molar-refractivity contribution in [2.45, 2.75) is 38.3 Å². The largest absolute Gasteiger partial charge is 0.497 e. The van der Waals surface area contributed by atoms with E-state index in [-0.39, 0.29) is 6.54 Å². The highest BCUT2D eigenvalue weighted by molar-refractivity contribution is 6.08. The van der Waals surface area contributed by atoms with E-state index < -0.39 is 29.4 Å². The van der Waals surface area contributed by atoms with E-state index in [2.05, 4.69) is 10.6 Å². The summed E-state index contributed by atoms with van der Waals surface area (Å²) in [4.78, 5) is 39.0. The van der Waals surface area contributed by atoms with Crippen LogP contribution in [0, 0.1) is 0 Å². The first-order valence-corrected chi connectivity index (χ1v) is 10.8. The number of amides is 4. The van der Waals surface area contributed by atoms with Gasteiger partial charge in [-0.25, -0.2) is 4.79 Å². The molecule has 2 unspecified atom stereocenters. The number of nitrogens with zero attached hydrogens (tertiary/aromatic N) is 1. The average Bonchev–Trinajstić information content (AvgIpc) is 3.33. The number of imide groups is 1. The molecule has 1 saturated heterocycles. The van der Waals surface area contributed by atoms with Gasteiger partial charge in [0.1, 0.15) is 29.2 Å². The van der Waals surface area contributed by atoms with Crippen LogP contribution in [-0.2, 0) is 16.0 Å². The number of carbonyl (C=O) groups excluding carboxylic acids is 3. The number of aryl methyl sites for hydroxylation is 1. The van der Waals surface area contributed by atoms with Crippen LogP contribution >= 0.6 is 0 Å². The molecule has 0 radical (unpaired) electrons. The summed E-state index contributed by atoms with van der Waals surface area (Å²) in [5.74, 6) is 0.508. The van der Waals surface area contributed by atoms with Gasteiger partial charge >= 0.3 is 6.03 Å². The molecule has 4 rings (SSSR count). The summed E-state index contributed by atoms with van der Waals surface area (Å²) in [7, 11) is 1.60. The van der Waals surface area contributed by atoms with Crippen LogP contribution in [-0.4, -0.2) is 41.9 Å². The first-order valence-electron chi connectivity index (χ1n) is 10.8. The summed E-state index contributed by atoms with van der Waals surface area (Å²) in [5, 5.41) is 6.49. The molecule has 0 saturated carbocycles. The standard InChI is InChI=1S/C25H27N3O5/c1-16(21-14-18-6-4-5-7-20(18)33-21)26-22(29)15-28-23(30)25(2,27-24(28)31)13-12-17-8-10-19(32-3)11-9-17/h4-11,14,16H,12-13,15H2,1-3H3,(H,26,29)(H,27,31). The summed E-state index contributed by atoms with van der Waals surface area (Å²) in [6.45, 7) is 3.12. The molecule has 0 aliphatic carbocycles. The number of nitrogens with one attached hydrogen (secondary N) is 2. The maximum atomic E-state index is 13.0. The third kappa shape index (κ3) is 4.69. The van der Waals surface area contributed by atoms with E-state index in [1.54, 1.807) is 21.0 Å². The van der Waals surface area contributed by atoms with Crippen molar-refractivity contribution in [2.24, 2.45) is 0 Å². The quantitative estimate of drug-likeness (QED) is 0.512. The van der Waals surface area contributed by atoms with Crippen LogP contribution in [0.2, 0.25) is 0 Å². The van der Waals surface area contributed by atoms with Crippen molar-refractivity contribution in [3.63, 3.8) is 0 Å². The van der Waals surface area contributed by atoms with E-state index in [4.69, 9.17) is 9.15 Å². The summed E-state index contributed by atoms with van der Waals surface area (Å²) in [5.41, 5.74) is 0.687. The lowest BCUT2D eigenvalue weighted by atomic mass is 9.93. The molecule has 172 valence electrons. The van der Waals surface area contributed by atoms with E-state index in [0.717, 1.165) is 27.2 Å². The van der Waals surface area contributed by atoms with Gasteiger partial charge in [-0.15, -0.1) is 0 Å². The van der Waals surface area contributed by atoms with Crippen molar-refractivity contribution in [2.75, 3.05) is 13.7 Å². The minimum Gasteiger partial charge on any atom is -0.497 e. The minimum absolute atomic E-state index is 0.354. The molecular weight excluding hydrogens is 422 g/mol. The predicted molar refractivity (Wildman–Crippen MR) is 123 cm³/mol. The zero-order valence-corrected chi connectivity index (χ0v) is 18.9. The zero-order chi connectivity index (χ0) is 23.6. The Morgan fingerprint density at radius 3 is 2.61 bits per heavy atom. The van der Waals surface area contributed by atoms with Crippen molar-refractivity contribution in [1.29, 1.82) is 0 Å². The highest BCUT2D eigenvalue weighted by Crippen LogP contribution is 2.25. The fraction of sp³-hybridized carbons (Fsp3) is 0.320. The number of ether oxygens (including phenoxy) is 1. The van der Waals surface area contributed by atoms with Gasteiger partial charge in [0.05, 0.1) is 13.2 Å². The van der Waals surface area contributed by atoms with E-state index >= 15 is 0 Å². The zero-order valence-electron chi connectivity index (χ0n) is 18.9. The Morgan fingerprint density at radius 2 is 1.91 bits per heavy atom. The van der Waals surface area contributed by atoms with E-state index in [9.17, 15) is 14.4 Å². The van der Waals surface area contributed by atoms with Gasteiger partial charge in [-0.05, 0) is 56.5 Å². The van der Waals surface area contributed by atoms with Gasteiger partial charge in [0.15, 0.2) is 0 Å². The lowest BCUT2D eigenvalue weighted by molar-refractivity contribution is -0.135. The van der Waals surface area contributed by atoms with Gasteiger partial charge in [-0.3, -0.25) is 14.5 Å². The third-order valence-corrected chi connectivity index (χ3v) is 5.97. The van der Waals surface area contributed by atoms with Crippen molar-refractivity contribution < 1.29 is 23.5 Å². The Bertz CT molecular complexity index is 1150. The number of hydrogen-bond acceptors (Lipinski definition) is 5. The van der Waals surface area contributed by atoms with Crippen molar-refractivity contribution in [3.05, 3.63) is 65.9 Å². The predicted octanol–water partition coefficient (Wildman–Crippen LogP) is 3.56. The van der Waals surface area contributed by atoms with Gasteiger partial charge in [0, 0.05) is 5.39 Å². The molecule has 8 nitrogen and oxygen atoms in total. The number of carbonyl (C=O) groups is 3. The van der Waals surface area contributed by atoms with Gasteiger partial charge < -0.3 is 19.8 Å². The Morgan fingerprint density at radius 1 is 1.18 bits per heavy atom. The fourth-order valence-electron chi connectivity index (χ4n) is 3.96. The molecule has 1 aromatic heterocycles. The number of benzene rings is 2. The maximum absolute atomic E-state index is 13.0. The lowest BCUT2D eigenvalue weighted by Crippen LogP contribution is -2.45. The van der Waals surface area contributed by atoms with Gasteiger partial charge in [-0.1, -0.05) is 30.3 Å². The maximum Gasteiger partial charge on any atom is 0.325 e. The highest BCUT2D eigenvalue weighted by atomic mass is 16.5. The Labute approximate surface area is 191 Å². The fourth-order valence-corrected chi connectivity index (χ4v) is 3.96. The normalized spacial score (nSPS) is 18.9. The number of urea groups is 1. The van der Waals surface area contributed by atoms with Gasteiger partial charge in [-0.2, -0.15) is 0 Å². The van der Waals surface area contributed by atoms with Crippen molar-refractivity contribution >= 4 is 28.8 Å². The summed E-state index contributed by atoms with van der Waals surface area (Å²) < 4.78 is 10.9. The van der Waals surface area contributed by atoms with Crippen LogP contribution in [0.3, 0.4) is 0 Å². The summed E-state index contributed by atoms with van der Waals surface area (Å²) >= 11 is 0. The van der Waals surface area contributed by atoms with Crippen LogP contribution in [0.5, 0.6) is 5.75 Å². The van der Waals surface area contributed by atoms with E-state index in [1.165, 1.54) is 0 Å². The SMILES string of the molecule is COc1ccc(CCC2(C)NC(=O)N(CC(=O)NC(C)c3cc4ccccc4o3)C2=O)cc1. The molecule has 1 aliphatic heterocycles. The molecule has 0 bridgehead atoms.